The van der Waals surface area contributed by atoms with Crippen molar-refractivity contribution < 1.29 is 23.8 Å². The average Bonchev–Trinajstić information content (AvgIpc) is 2.66. The maximum Gasteiger partial charge on any atom is 0.250 e. The Bertz CT molecular complexity index is 787. The summed E-state index contributed by atoms with van der Waals surface area (Å²) in [6, 6.07) is 10.4. The lowest BCUT2D eigenvalue weighted by atomic mass is 10.1. The summed E-state index contributed by atoms with van der Waals surface area (Å²) in [5.41, 5.74) is 6.84. The number of primary amides is 1. The second-order valence-electron chi connectivity index (χ2n) is 5.51. The van der Waals surface area contributed by atoms with Crippen LogP contribution in [0.3, 0.4) is 0 Å². The lowest BCUT2D eigenvalue weighted by Gasteiger charge is -2.14. The van der Waals surface area contributed by atoms with Crippen LogP contribution < -0.4 is 25.3 Å². The number of hydrogen-bond donors (Lipinski definition) is 2. The smallest absolute Gasteiger partial charge is 0.250 e. The van der Waals surface area contributed by atoms with E-state index in [0.29, 0.717) is 17.9 Å². The van der Waals surface area contributed by atoms with Crippen molar-refractivity contribution in [3.8, 4) is 17.2 Å². The van der Waals surface area contributed by atoms with Gasteiger partial charge in [-0.3, -0.25) is 9.59 Å². The lowest BCUT2D eigenvalue weighted by Crippen LogP contribution is -2.19. The summed E-state index contributed by atoms with van der Waals surface area (Å²) in [6.45, 7) is 0. The van der Waals surface area contributed by atoms with Gasteiger partial charge < -0.3 is 25.3 Å². The highest BCUT2D eigenvalue weighted by atomic mass is 16.5. The fraction of sp³-hybridized carbons (Fsp3) is 0.263. The number of carbonyl (C=O) groups is 2. The molecule has 0 radical (unpaired) electrons. The number of benzene rings is 2. The third-order valence-corrected chi connectivity index (χ3v) is 3.86. The molecule has 0 fully saturated rings. The zero-order chi connectivity index (χ0) is 19.1. The average molecular weight is 358 g/mol. The number of nitrogens with one attached hydrogen (secondary N) is 1. The van der Waals surface area contributed by atoms with Crippen molar-refractivity contribution in [3.63, 3.8) is 0 Å². The number of ether oxygens (including phenoxy) is 3. The quantitative estimate of drug-likeness (QED) is 0.755. The molecule has 2 rings (SSSR count). The molecule has 0 saturated heterocycles. The topological polar surface area (TPSA) is 99.9 Å². The number of nitrogens with two attached hydrogens (primary N) is 1. The third kappa shape index (κ3) is 4.66. The molecule has 2 amide bonds. The van der Waals surface area contributed by atoms with Gasteiger partial charge in [-0.05, 0) is 30.2 Å². The molecule has 0 atom stereocenters. The van der Waals surface area contributed by atoms with Crippen LogP contribution in [0.4, 0.5) is 5.69 Å². The number of anilines is 1. The van der Waals surface area contributed by atoms with Gasteiger partial charge in [0.15, 0.2) is 11.5 Å². The molecule has 0 heterocycles. The fourth-order valence-electron chi connectivity index (χ4n) is 2.45. The standard InChI is InChI=1S/C19H22N2O5/c1-24-13-7-4-12(5-8-13)6-9-18(22)21-15-11-17(26-3)16(25-2)10-14(15)19(20)23/h4-5,7-8,10-11H,6,9H2,1-3H3,(H2,20,23)(H,21,22). The normalized spacial score (nSPS) is 10.1. The van der Waals surface area contributed by atoms with Gasteiger partial charge in [-0.1, -0.05) is 12.1 Å². The number of rotatable bonds is 8. The zero-order valence-corrected chi connectivity index (χ0v) is 15.0. The van der Waals surface area contributed by atoms with E-state index in [4.69, 9.17) is 19.9 Å². The number of methoxy groups -OCH3 is 3. The number of carbonyl (C=O) groups excluding carboxylic acids is 2. The number of amides is 2. The van der Waals surface area contributed by atoms with E-state index < -0.39 is 5.91 Å². The van der Waals surface area contributed by atoms with Gasteiger partial charge in [0, 0.05) is 12.5 Å². The predicted octanol–water partition coefficient (Wildman–Crippen LogP) is 2.38. The Morgan fingerprint density at radius 2 is 1.58 bits per heavy atom. The summed E-state index contributed by atoms with van der Waals surface area (Å²) in [5.74, 6) is 0.599. The van der Waals surface area contributed by atoms with Crippen molar-refractivity contribution in [2.75, 3.05) is 26.6 Å². The van der Waals surface area contributed by atoms with Crippen LogP contribution in [0.25, 0.3) is 0 Å². The van der Waals surface area contributed by atoms with Crippen LogP contribution >= 0.6 is 0 Å². The second kappa shape index (κ2) is 8.75. The first kappa shape index (κ1) is 19.1. The molecule has 138 valence electrons. The van der Waals surface area contributed by atoms with Gasteiger partial charge in [-0.2, -0.15) is 0 Å². The van der Waals surface area contributed by atoms with Crippen molar-refractivity contribution in [1.29, 1.82) is 0 Å². The van der Waals surface area contributed by atoms with E-state index in [1.807, 2.05) is 24.3 Å². The van der Waals surface area contributed by atoms with Crippen LogP contribution in [-0.4, -0.2) is 33.1 Å². The molecule has 0 aliphatic heterocycles. The van der Waals surface area contributed by atoms with Crippen molar-refractivity contribution in [2.45, 2.75) is 12.8 Å². The van der Waals surface area contributed by atoms with Crippen LogP contribution in [-0.2, 0) is 11.2 Å². The molecule has 0 aliphatic carbocycles. The highest BCUT2D eigenvalue weighted by Gasteiger charge is 2.16. The molecule has 0 aromatic heterocycles. The minimum atomic E-state index is -0.670. The van der Waals surface area contributed by atoms with Crippen molar-refractivity contribution in [2.24, 2.45) is 5.73 Å². The third-order valence-electron chi connectivity index (χ3n) is 3.86. The maximum absolute atomic E-state index is 12.3. The first-order valence-corrected chi connectivity index (χ1v) is 7.97. The monoisotopic (exact) mass is 358 g/mol. The van der Waals surface area contributed by atoms with Crippen molar-refractivity contribution in [1.82, 2.24) is 0 Å². The van der Waals surface area contributed by atoms with E-state index in [1.54, 1.807) is 7.11 Å². The molecule has 0 spiro atoms. The van der Waals surface area contributed by atoms with E-state index in [2.05, 4.69) is 5.32 Å². The molecule has 2 aromatic rings. The second-order valence-corrected chi connectivity index (χ2v) is 5.51. The summed E-state index contributed by atoms with van der Waals surface area (Å²) in [7, 11) is 4.52. The van der Waals surface area contributed by atoms with Crippen molar-refractivity contribution >= 4 is 17.5 Å². The van der Waals surface area contributed by atoms with Gasteiger partial charge in [0.1, 0.15) is 5.75 Å². The molecule has 3 N–H and O–H groups in total. The van der Waals surface area contributed by atoms with E-state index in [-0.39, 0.29) is 23.6 Å². The molecule has 7 nitrogen and oxygen atoms in total. The van der Waals surface area contributed by atoms with Crippen molar-refractivity contribution in [3.05, 3.63) is 47.5 Å². The molecule has 26 heavy (non-hydrogen) atoms. The zero-order valence-electron chi connectivity index (χ0n) is 15.0. The van der Waals surface area contributed by atoms with Crippen LogP contribution in [0.1, 0.15) is 22.3 Å². The Balaban J connectivity index is 2.10. The number of hydrogen-bond acceptors (Lipinski definition) is 5. The van der Waals surface area contributed by atoms with Gasteiger partial charge in [-0.15, -0.1) is 0 Å². The Labute approximate surface area is 152 Å². The first-order valence-electron chi connectivity index (χ1n) is 7.97. The minimum absolute atomic E-state index is 0.153. The Kier molecular flexibility index (Phi) is 6.43. The largest absolute Gasteiger partial charge is 0.497 e. The molecular weight excluding hydrogens is 336 g/mol. The van der Waals surface area contributed by atoms with E-state index in [1.165, 1.54) is 26.4 Å². The summed E-state index contributed by atoms with van der Waals surface area (Å²) in [5, 5.41) is 2.71. The molecule has 0 unspecified atom stereocenters. The Morgan fingerprint density at radius 1 is 0.962 bits per heavy atom. The van der Waals surface area contributed by atoms with E-state index >= 15 is 0 Å². The van der Waals surface area contributed by atoms with Gasteiger partial charge in [-0.25, -0.2) is 0 Å². The van der Waals surface area contributed by atoms with Crippen LogP contribution in [0.2, 0.25) is 0 Å². The minimum Gasteiger partial charge on any atom is -0.497 e. The molecular formula is C19H22N2O5. The summed E-state index contributed by atoms with van der Waals surface area (Å²) in [6.07, 6.45) is 0.800. The number of aryl methyl sites for hydroxylation is 1. The first-order chi connectivity index (χ1) is 12.5. The van der Waals surface area contributed by atoms with Gasteiger partial charge >= 0.3 is 0 Å². The molecule has 7 heteroatoms. The molecule has 0 bridgehead atoms. The predicted molar refractivity (Wildman–Crippen MR) is 98.0 cm³/mol. The van der Waals surface area contributed by atoms with Crippen LogP contribution in [0.5, 0.6) is 17.2 Å². The SMILES string of the molecule is COc1ccc(CCC(=O)Nc2cc(OC)c(OC)cc2C(N)=O)cc1. The Hall–Kier alpha value is -3.22. The van der Waals surface area contributed by atoms with E-state index in [0.717, 1.165) is 11.3 Å². The van der Waals surface area contributed by atoms with E-state index in [9.17, 15) is 9.59 Å². The molecule has 2 aromatic carbocycles. The summed E-state index contributed by atoms with van der Waals surface area (Å²) >= 11 is 0. The van der Waals surface area contributed by atoms with Crippen LogP contribution in [0, 0.1) is 0 Å². The fourth-order valence-corrected chi connectivity index (χ4v) is 2.45. The highest BCUT2D eigenvalue weighted by Crippen LogP contribution is 2.33. The summed E-state index contributed by atoms with van der Waals surface area (Å²) < 4.78 is 15.5. The van der Waals surface area contributed by atoms with Gasteiger partial charge in [0.05, 0.1) is 32.6 Å². The summed E-state index contributed by atoms with van der Waals surface area (Å²) in [4.78, 5) is 24.0. The van der Waals surface area contributed by atoms with Gasteiger partial charge in [0.2, 0.25) is 5.91 Å². The molecule has 0 aliphatic rings. The maximum atomic E-state index is 12.3. The lowest BCUT2D eigenvalue weighted by molar-refractivity contribution is -0.116. The highest BCUT2D eigenvalue weighted by molar-refractivity contribution is 6.03. The molecule has 0 saturated carbocycles. The van der Waals surface area contributed by atoms with Crippen LogP contribution in [0.15, 0.2) is 36.4 Å². The van der Waals surface area contributed by atoms with Gasteiger partial charge in [0.25, 0.3) is 5.91 Å². The Morgan fingerprint density at radius 3 is 2.12 bits per heavy atom.